The lowest BCUT2D eigenvalue weighted by Gasteiger charge is -2.26. The highest BCUT2D eigenvalue weighted by atomic mass is 16.7. The van der Waals surface area contributed by atoms with Gasteiger partial charge in [-0.2, -0.15) is 0 Å². The van der Waals surface area contributed by atoms with Gasteiger partial charge in [-0.1, -0.05) is 34.1 Å². The van der Waals surface area contributed by atoms with E-state index in [1.165, 1.54) is 19.3 Å². The first-order valence-electron chi connectivity index (χ1n) is 8.30. The maximum atomic E-state index is 5.63. The maximum Gasteiger partial charge on any atom is 0.146 e. The van der Waals surface area contributed by atoms with E-state index in [9.17, 15) is 0 Å². The molecule has 3 heteroatoms. The second-order valence-corrected chi connectivity index (χ2v) is 6.02. The lowest BCUT2D eigenvalue weighted by Crippen LogP contribution is -2.18. The number of methoxy groups -OCH3 is 1. The van der Waals surface area contributed by atoms with Gasteiger partial charge in [0.05, 0.1) is 0 Å². The van der Waals surface area contributed by atoms with Crippen LogP contribution in [-0.4, -0.2) is 33.7 Å². The van der Waals surface area contributed by atoms with E-state index in [-0.39, 0.29) is 0 Å². The second-order valence-electron chi connectivity index (χ2n) is 6.02. The van der Waals surface area contributed by atoms with Crippen LogP contribution in [0, 0.1) is 17.8 Å². The monoisotopic (exact) mass is 288 g/mol. The van der Waals surface area contributed by atoms with Crippen molar-refractivity contribution in [1.82, 2.24) is 0 Å². The van der Waals surface area contributed by atoms with Crippen molar-refractivity contribution in [3.8, 4) is 0 Å². The summed E-state index contributed by atoms with van der Waals surface area (Å²) in [6.07, 6.45) is 5.98. The van der Waals surface area contributed by atoms with Crippen molar-refractivity contribution in [3.63, 3.8) is 0 Å². The minimum atomic E-state index is 0.410. The molecule has 0 aliphatic rings. The summed E-state index contributed by atoms with van der Waals surface area (Å²) in [4.78, 5) is 0. The normalized spacial score (nSPS) is 14.7. The summed E-state index contributed by atoms with van der Waals surface area (Å²) < 4.78 is 16.0. The van der Waals surface area contributed by atoms with Gasteiger partial charge in [0.2, 0.25) is 0 Å². The standard InChI is InChI=1S/C17H36O3/c1-6-10-19-11-8-16(7-2)13-17(15(3)4)9-12-20-14-18-5/h15-17H,6-14H2,1-5H3. The van der Waals surface area contributed by atoms with Crippen LogP contribution in [0.1, 0.15) is 59.8 Å². The Morgan fingerprint density at radius 3 is 2.15 bits per heavy atom. The van der Waals surface area contributed by atoms with Gasteiger partial charge in [-0.25, -0.2) is 0 Å². The molecule has 0 spiro atoms. The molecule has 0 aromatic heterocycles. The summed E-state index contributed by atoms with van der Waals surface area (Å²) in [5.74, 6) is 2.23. The fourth-order valence-electron chi connectivity index (χ4n) is 2.51. The van der Waals surface area contributed by atoms with Gasteiger partial charge in [-0.3, -0.25) is 0 Å². The average Bonchev–Trinajstić information content (AvgIpc) is 2.44. The van der Waals surface area contributed by atoms with E-state index in [1.54, 1.807) is 7.11 Å². The average molecular weight is 288 g/mol. The molecule has 3 nitrogen and oxygen atoms in total. The third-order valence-electron chi connectivity index (χ3n) is 4.01. The van der Waals surface area contributed by atoms with E-state index in [0.29, 0.717) is 12.7 Å². The van der Waals surface area contributed by atoms with E-state index in [1.807, 2.05) is 0 Å². The van der Waals surface area contributed by atoms with Crippen LogP contribution >= 0.6 is 0 Å². The molecule has 20 heavy (non-hydrogen) atoms. The van der Waals surface area contributed by atoms with Crippen LogP contribution in [0.15, 0.2) is 0 Å². The second kappa shape index (κ2) is 13.8. The van der Waals surface area contributed by atoms with E-state index in [0.717, 1.165) is 44.5 Å². The predicted octanol–water partition coefficient (Wildman–Crippen LogP) is 4.50. The van der Waals surface area contributed by atoms with Crippen molar-refractivity contribution in [1.29, 1.82) is 0 Å². The van der Waals surface area contributed by atoms with Crippen molar-refractivity contribution in [2.24, 2.45) is 17.8 Å². The van der Waals surface area contributed by atoms with Gasteiger partial charge in [0.15, 0.2) is 0 Å². The zero-order valence-electron chi connectivity index (χ0n) is 14.3. The molecule has 122 valence electrons. The van der Waals surface area contributed by atoms with Gasteiger partial charge in [-0.15, -0.1) is 0 Å². The molecule has 0 rings (SSSR count). The Morgan fingerprint density at radius 1 is 0.900 bits per heavy atom. The van der Waals surface area contributed by atoms with Crippen LogP contribution in [0.5, 0.6) is 0 Å². The molecule has 0 aromatic carbocycles. The molecule has 0 aliphatic carbocycles. The lowest BCUT2D eigenvalue weighted by molar-refractivity contribution is -0.0368. The Morgan fingerprint density at radius 2 is 1.60 bits per heavy atom. The van der Waals surface area contributed by atoms with Crippen LogP contribution in [0.3, 0.4) is 0 Å². The van der Waals surface area contributed by atoms with Gasteiger partial charge in [0.1, 0.15) is 6.79 Å². The molecular formula is C17H36O3. The minimum Gasteiger partial charge on any atom is -0.381 e. The van der Waals surface area contributed by atoms with Crippen molar-refractivity contribution in [2.75, 3.05) is 33.7 Å². The Hall–Kier alpha value is -0.120. The molecule has 0 saturated carbocycles. The first kappa shape index (κ1) is 19.9. The molecule has 0 bridgehead atoms. The van der Waals surface area contributed by atoms with Crippen LogP contribution < -0.4 is 0 Å². The summed E-state index contributed by atoms with van der Waals surface area (Å²) in [7, 11) is 1.67. The SMILES string of the molecule is CCCOCCC(CC)CC(CCOCOC)C(C)C. The molecule has 0 aromatic rings. The predicted molar refractivity (Wildman–Crippen MR) is 84.9 cm³/mol. The van der Waals surface area contributed by atoms with E-state index in [2.05, 4.69) is 27.7 Å². The van der Waals surface area contributed by atoms with E-state index >= 15 is 0 Å². The molecule has 0 radical (unpaired) electrons. The van der Waals surface area contributed by atoms with Crippen LogP contribution in [-0.2, 0) is 14.2 Å². The Balaban J connectivity index is 3.97. The third-order valence-corrected chi connectivity index (χ3v) is 4.01. The highest BCUT2D eigenvalue weighted by molar-refractivity contribution is 4.69. The number of hydrogen-bond acceptors (Lipinski definition) is 3. The quantitative estimate of drug-likeness (QED) is 0.348. The highest BCUT2D eigenvalue weighted by Gasteiger charge is 2.18. The first-order valence-corrected chi connectivity index (χ1v) is 8.30. The lowest BCUT2D eigenvalue weighted by atomic mass is 9.82. The van der Waals surface area contributed by atoms with Crippen molar-refractivity contribution in [3.05, 3.63) is 0 Å². The maximum absolute atomic E-state index is 5.63. The summed E-state index contributed by atoms with van der Waals surface area (Å²) in [6, 6.07) is 0. The number of rotatable bonds is 14. The summed E-state index contributed by atoms with van der Waals surface area (Å²) in [6.45, 7) is 12.1. The number of ether oxygens (including phenoxy) is 3. The Bertz CT molecular complexity index is 195. The van der Waals surface area contributed by atoms with E-state index in [4.69, 9.17) is 14.2 Å². The largest absolute Gasteiger partial charge is 0.381 e. The van der Waals surface area contributed by atoms with Crippen molar-refractivity contribution >= 4 is 0 Å². The Labute approximate surface area is 126 Å². The fraction of sp³-hybridized carbons (Fsp3) is 1.00. The molecule has 0 heterocycles. The molecule has 0 fully saturated rings. The minimum absolute atomic E-state index is 0.410. The topological polar surface area (TPSA) is 27.7 Å². The van der Waals surface area contributed by atoms with Crippen molar-refractivity contribution in [2.45, 2.75) is 59.8 Å². The van der Waals surface area contributed by atoms with Crippen LogP contribution in [0.4, 0.5) is 0 Å². The summed E-state index contributed by atoms with van der Waals surface area (Å²) in [5, 5.41) is 0. The summed E-state index contributed by atoms with van der Waals surface area (Å²) >= 11 is 0. The Kier molecular flexibility index (Phi) is 13.8. The zero-order valence-corrected chi connectivity index (χ0v) is 14.3. The summed E-state index contributed by atoms with van der Waals surface area (Å²) in [5.41, 5.74) is 0. The van der Waals surface area contributed by atoms with E-state index < -0.39 is 0 Å². The smallest absolute Gasteiger partial charge is 0.146 e. The van der Waals surface area contributed by atoms with Crippen LogP contribution in [0.2, 0.25) is 0 Å². The van der Waals surface area contributed by atoms with Crippen LogP contribution in [0.25, 0.3) is 0 Å². The first-order chi connectivity index (χ1) is 9.65. The molecule has 0 saturated heterocycles. The molecule has 2 atom stereocenters. The molecule has 0 aliphatic heterocycles. The molecule has 0 N–H and O–H groups in total. The van der Waals surface area contributed by atoms with Gasteiger partial charge in [0, 0.05) is 26.9 Å². The van der Waals surface area contributed by atoms with Gasteiger partial charge >= 0.3 is 0 Å². The highest BCUT2D eigenvalue weighted by Crippen LogP contribution is 2.27. The van der Waals surface area contributed by atoms with Gasteiger partial charge in [0.25, 0.3) is 0 Å². The van der Waals surface area contributed by atoms with Crippen molar-refractivity contribution < 1.29 is 14.2 Å². The fourth-order valence-corrected chi connectivity index (χ4v) is 2.51. The van der Waals surface area contributed by atoms with Gasteiger partial charge in [-0.05, 0) is 43.4 Å². The number of hydrogen-bond donors (Lipinski definition) is 0. The molecule has 0 amide bonds. The molecular weight excluding hydrogens is 252 g/mol. The third kappa shape index (κ3) is 10.6. The molecule has 2 unspecified atom stereocenters. The van der Waals surface area contributed by atoms with Gasteiger partial charge < -0.3 is 14.2 Å². The zero-order chi connectivity index (χ0) is 15.2.